The number of carboxylic acids is 1. The number of carbonyl (C=O) groups excluding carboxylic acids is 1. The topological polar surface area (TPSA) is 54.4 Å². The van der Waals surface area contributed by atoms with E-state index < -0.39 is 5.97 Å². The smallest absolute Gasteiger partial charge is 0.328 e. The Balaban J connectivity index is 1.87. The van der Waals surface area contributed by atoms with Gasteiger partial charge < -0.3 is 5.11 Å². The Morgan fingerprint density at radius 2 is 2.12 bits per heavy atom. The third-order valence-corrected chi connectivity index (χ3v) is 3.88. The zero-order valence-corrected chi connectivity index (χ0v) is 8.67. The molecule has 0 aromatic heterocycles. The molecule has 4 atom stereocenters. The molecule has 1 N–H and O–H groups in total. The molecule has 3 rings (SSSR count). The number of aliphatic carboxylic acids is 1. The van der Waals surface area contributed by atoms with Crippen LogP contribution in [0.5, 0.6) is 0 Å². The van der Waals surface area contributed by atoms with Gasteiger partial charge in [-0.25, -0.2) is 4.79 Å². The first-order chi connectivity index (χ1) is 7.66. The predicted molar refractivity (Wildman–Crippen MR) is 57.6 cm³/mol. The van der Waals surface area contributed by atoms with Gasteiger partial charge in [-0.1, -0.05) is 18.2 Å². The van der Waals surface area contributed by atoms with Gasteiger partial charge in [-0.05, 0) is 30.3 Å². The van der Waals surface area contributed by atoms with E-state index in [0.717, 1.165) is 12.5 Å². The molecule has 1 saturated carbocycles. The number of rotatable bonds is 2. The second kappa shape index (κ2) is 3.17. The van der Waals surface area contributed by atoms with Crippen molar-refractivity contribution >= 4 is 11.8 Å². The minimum atomic E-state index is -1.01. The molecule has 16 heavy (non-hydrogen) atoms. The fourth-order valence-corrected chi connectivity index (χ4v) is 3.24. The second-order valence-electron chi connectivity index (χ2n) is 4.71. The van der Waals surface area contributed by atoms with Gasteiger partial charge in [0, 0.05) is 17.6 Å². The molecule has 82 valence electrons. The Bertz CT molecular complexity index is 456. The first-order valence-corrected chi connectivity index (χ1v) is 5.52. The average Bonchev–Trinajstić information content (AvgIpc) is 2.88. The van der Waals surface area contributed by atoms with Crippen molar-refractivity contribution < 1.29 is 14.7 Å². The highest BCUT2D eigenvalue weighted by molar-refractivity contribution is 6.04. The molecule has 0 spiro atoms. The minimum Gasteiger partial charge on any atom is -0.478 e. The summed E-state index contributed by atoms with van der Waals surface area (Å²) in [5.74, 6) is 0.398. The molecule has 3 nitrogen and oxygen atoms in total. The quantitative estimate of drug-likeness (QED) is 0.563. The fourth-order valence-electron chi connectivity index (χ4n) is 3.24. The lowest BCUT2D eigenvalue weighted by molar-refractivity contribution is -0.131. The summed E-state index contributed by atoms with van der Waals surface area (Å²) in [5.41, 5.74) is 0.579. The standard InChI is InChI=1S/C13H12O3/c14-11(15)4-3-9-6-10-7-1-2-8(5-7)12(10)13(9)16/h1-4,6-8,10,12H,5H2,(H,14,15)/b4-3+/t7-,8+,10-,12+/m0/s1. The van der Waals surface area contributed by atoms with Crippen molar-refractivity contribution in [3.63, 3.8) is 0 Å². The molecule has 0 unspecified atom stereocenters. The largest absolute Gasteiger partial charge is 0.478 e. The number of fused-ring (bicyclic) bond motifs is 5. The first kappa shape index (κ1) is 9.58. The second-order valence-corrected chi connectivity index (χ2v) is 4.71. The van der Waals surface area contributed by atoms with Gasteiger partial charge >= 0.3 is 5.97 Å². The molecule has 0 amide bonds. The molecule has 1 fully saturated rings. The van der Waals surface area contributed by atoms with E-state index in [-0.39, 0.29) is 11.7 Å². The number of carboxylic acid groups (broad SMARTS) is 1. The normalized spacial score (nSPS) is 39.5. The molecule has 3 aliphatic rings. The van der Waals surface area contributed by atoms with E-state index in [1.54, 1.807) is 0 Å². The maximum absolute atomic E-state index is 12.0. The highest BCUT2D eigenvalue weighted by Gasteiger charge is 2.50. The molecule has 0 aromatic carbocycles. The number of Topliss-reactive ketones (excluding diaryl/α,β-unsaturated/α-hetero) is 1. The lowest BCUT2D eigenvalue weighted by Gasteiger charge is -2.17. The van der Waals surface area contributed by atoms with Gasteiger partial charge in [0.15, 0.2) is 5.78 Å². The van der Waals surface area contributed by atoms with Crippen molar-refractivity contribution in [1.82, 2.24) is 0 Å². The van der Waals surface area contributed by atoms with Crippen LogP contribution in [0.15, 0.2) is 36.0 Å². The molecule has 3 heteroatoms. The fraction of sp³-hybridized carbons (Fsp3) is 0.385. The monoisotopic (exact) mass is 216 g/mol. The zero-order valence-electron chi connectivity index (χ0n) is 8.67. The van der Waals surface area contributed by atoms with Crippen LogP contribution in [0.25, 0.3) is 0 Å². The summed E-state index contributed by atoms with van der Waals surface area (Å²) in [5, 5.41) is 8.54. The Morgan fingerprint density at radius 1 is 1.38 bits per heavy atom. The summed E-state index contributed by atoms with van der Waals surface area (Å²) in [4.78, 5) is 22.5. The van der Waals surface area contributed by atoms with Crippen molar-refractivity contribution in [1.29, 1.82) is 0 Å². The highest BCUT2D eigenvalue weighted by atomic mass is 16.4. The lowest BCUT2D eigenvalue weighted by atomic mass is 9.85. The average molecular weight is 216 g/mol. The van der Waals surface area contributed by atoms with Gasteiger partial charge in [0.25, 0.3) is 0 Å². The zero-order chi connectivity index (χ0) is 11.3. The Hall–Kier alpha value is -1.64. The highest BCUT2D eigenvalue weighted by Crippen LogP contribution is 2.52. The van der Waals surface area contributed by atoms with E-state index >= 15 is 0 Å². The molecule has 0 saturated heterocycles. The van der Waals surface area contributed by atoms with Crippen molar-refractivity contribution in [2.24, 2.45) is 23.7 Å². The summed E-state index contributed by atoms with van der Waals surface area (Å²) in [6, 6.07) is 0. The van der Waals surface area contributed by atoms with Crippen LogP contribution in [-0.2, 0) is 9.59 Å². The molecule has 0 aromatic rings. The van der Waals surface area contributed by atoms with Crippen LogP contribution in [-0.4, -0.2) is 16.9 Å². The van der Waals surface area contributed by atoms with E-state index in [1.165, 1.54) is 6.08 Å². The summed E-state index contributed by atoms with van der Waals surface area (Å²) in [7, 11) is 0. The van der Waals surface area contributed by atoms with Crippen LogP contribution < -0.4 is 0 Å². The van der Waals surface area contributed by atoms with Gasteiger partial charge in [-0.2, -0.15) is 0 Å². The van der Waals surface area contributed by atoms with Gasteiger partial charge in [0.05, 0.1) is 0 Å². The van der Waals surface area contributed by atoms with Crippen molar-refractivity contribution in [2.45, 2.75) is 6.42 Å². The summed E-state index contributed by atoms with van der Waals surface area (Å²) < 4.78 is 0. The van der Waals surface area contributed by atoms with Crippen molar-refractivity contribution in [3.8, 4) is 0 Å². The van der Waals surface area contributed by atoms with Crippen LogP contribution in [0.2, 0.25) is 0 Å². The molecule has 3 aliphatic carbocycles. The van der Waals surface area contributed by atoms with Crippen LogP contribution in [0.1, 0.15) is 6.42 Å². The van der Waals surface area contributed by atoms with E-state index in [9.17, 15) is 9.59 Å². The van der Waals surface area contributed by atoms with Crippen LogP contribution in [0.4, 0.5) is 0 Å². The van der Waals surface area contributed by atoms with Gasteiger partial charge in [-0.3, -0.25) is 4.79 Å². The lowest BCUT2D eigenvalue weighted by Crippen LogP contribution is -2.20. The number of carbonyl (C=O) groups is 2. The van der Waals surface area contributed by atoms with Crippen molar-refractivity contribution in [3.05, 3.63) is 36.0 Å². The maximum Gasteiger partial charge on any atom is 0.328 e. The van der Waals surface area contributed by atoms with E-state index in [2.05, 4.69) is 12.2 Å². The summed E-state index contributed by atoms with van der Waals surface area (Å²) in [6.07, 6.45) is 9.86. The Labute approximate surface area is 93.1 Å². The molecular weight excluding hydrogens is 204 g/mol. The van der Waals surface area contributed by atoms with Gasteiger partial charge in [0.1, 0.15) is 0 Å². The summed E-state index contributed by atoms with van der Waals surface area (Å²) in [6.45, 7) is 0. The maximum atomic E-state index is 12.0. The van der Waals surface area contributed by atoms with Gasteiger partial charge in [-0.15, -0.1) is 0 Å². The number of allylic oxidation sites excluding steroid dienone is 5. The van der Waals surface area contributed by atoms with Crippen LogP contribution >= 0.6 is 0 Å². The van der Waals surface area contributed by atoms with Crippen LogP contribution in [0, 0.1) is 23.7 Å². The molecule has 0 aliphatic heterocycles. The van der Waals surface area contributed by atoms with Crippen molar-refractivity contribution in [2.75, 3.05) is 0 Å². The summed E-state index contributed by atoms with van der Waals surface area (Å²) >= 11 is 0. The molecule has 2 bridgehead atoms. The minimum absolute atomic E-state index is 0.0865. The van der Waals surface area contributed by atoms with Crippen LogP contribution in [0.3, 0.4) is 0 Å². The van der Waals surface area contributed by atoms with E-state index in [4.69, 9.17) is 5.11 Å². The number of hydrogen-bond acceptors (Lipinski definition) is 2. The Kier molecular flexibility index (Phi) is 1.90. The van der Waals surface area contributed by atoms with E-state index in [0.29, 0.717) is 23.3 Å². The molecular formula is C13H12O3. The number of ketones is 1. The third-order valence-electron chi connectivity index (χ3n) is 3.88. The first-order valence-electron chi connectivity index (χ1n) is 5.52. The van der Waals surface area contributed by atoms with Gasteiger partial charge in [0.2, 0.25) is 0 Å². The molecule has 0 radical (unpaired) electrons. The predicted octanol–water partition coefficient (Wildman–Crippen LogP) is 1.57. The Morgan fingerprint density at radius 3 is 2.81 bits per heavy atom. The SMILES string of the molecule is O=C(O)/C=C/C1=C[C@@H]2[C@H](C1=O)[C@@H]1C=C[C@H]2C1. The molecule has 0 heterocycles. The third kappa shape index (κ3) is 1.21. The number of hydrogen-bond donors (Lipinski definition) is 1. The van der Waals surface area contributed by atoms with E-state index in [1.807, 2.05) is 6.08 Å².